The van der Waals surface area contributed by atoms with E-state index in [0.717, 1.165) is 0 Å². The highest BCUT2D eigenvalue weighted by Crippen LogP contribution is 2.38. The minimum absolute atomic E-state index is 0.511. The van der Waals surface area contributed by atoms with Crippen molar-refractivity contribution >= 4 is 0 Å². The average molecular weight is 407 g/mol. The lowest BCUT2D eigenvalue weighted by molar-refractivity contribution is 0.557. The van der Waals surface area contributed by atoms with Crippen molar-refractivity contribution in [3.63, 3.8) is 0 Å². The third-order valence-corrected chi connectivity index (χ3v) is 7.89. The molecule has 0 aliphatic rings. The summed E-state index contributed by atoms with van der Waals surface area (Å²) in [5.41, 5.74) is 14.9. The zero-order chi connectivity index (χ0) is 22.4. The maximum atomic E-state index is 2.49. The molecular weight excluding hydrogens is 360 g/mol. The van der Waals surface area contributed by atoms with Gasteiger partial charge in [0, 0.05) is 5.92 Å². The van der Waals surface area contributed by atoms with E-state index in [4.69, 9.17) is 0 Å². The topological polar surface area (TPSA) is 0 Å². The van der Waals surface area contributed by atoms with Gasteiger partial charge < -0.3 is 0 Å². The van der Waals surface area contributed by atoms with Gasteiger partial charge in [0.15, 0.2) is 0 Å². The summed E-state index contributed by atoms with van der Waals surface area (Å²) in [6, 6.07) is 4.99. The molecule has 0 N–H and O–H groups in total. The molecule has 2 aromatic carbocycles. The van der Waals surface area contributed by atoms with Gasteiger partial charge in [-0.3, -0.25) is 0 Å². The maximum Gasteiger partial charge on any atom is 0.00949 e. The number of benzene rings is 2. The molecule has 0 aliphatic carbocycles. The summed E-state index contributed by atoms with van der Waals surface area (Å²) in [4.78, 5) is 0. The van der Waals surface area contributed by atoms with Crippen LogP contribution in [-0.4, -0.2) is 0 Å². The molecule has 2 rings (SSSR count). The molecule has 0 amide bonds. The Morgan fingerprint density at radius 2 is 0.900 bits per heavy atom. The van der Waals surface area contributed by atoms with Crippen LogP contribution in [0.15, 0.2) is 12.1 Å². The molecule has 0 radical (unpaired) electrons. The molecule has 0 saturated heterocycles. The molecule has 0 bridgehead atoms. The van der Waals surface area contributed by atoms with Crippen LogP contribution in [0.3, 0.4) is 0 Å². The van der Waals surface area contributed by atoms with Crippen LogP contribution < -0.4 is 0 Å². The lowest BCUT2D eigenvalue weighted by Crippen LogP contribution is -2.10. The van der Waals surface area contributed by atoms with Crippen molar-refractivity contribution in [2.75, 3.05) is 0 Å². The smallest absolute Gasteiger partial charge is 0.00949 e. The van der Waals surface area contributed by atoms with Crippen molar-refractivity contribution < 1.29 is 0 Å². The van der Waals surface area contributed by atoms with Crippen LogP contribution in [0.5, 0.6) is 0 Å². The van der Waals surface area contributed by atoms with Gasteiger partial charge in [-0.25, -0.2) is 0 Å². The normalized spacial score (nSPS) is 11.5. The van der Waals surface area contributed by atoms with Gasteiger partial charge in [0.25, 0.3) is 0 Å². The molecule has 0 saturated carbocycles. The van der Waals surface area contributed by atoms with Crippen molar-refractivity contribution in [2.24, 2.45) is 0 Å². The summed E-state index contributed by atoms with van der Waals surface area (Å²) in [7, 11) is 0. The lowest BCUT2D eigenvalue weighted by atomic mass is 9.78. The first-order valence-electron chi connectivity index (χ1n) is 12.3. The minimum atomic E-state index is 0.511. The number of hydrogen-bond donors (Lipinski definition) is 0. The molecule has 0 fully saturated rings. The fourth-order valence-electron chi connectivity index (χ4n) is 4.99. The Kier molecular flexibility index (Phi) is 9.20. The summed E-state index contributed by atoms with van der Waals surface area (Å²) in [5, 5.41) is 0. The van der Waals surface area contributed by atoms with Gasteiger partial charge in [-0.15, -0.1) is 0 Å². The molecule has 0 nitrogen and oxygen atoms in total. The highest BCUT2D eigenvalue weighted by molar-refractivity contribution is 5.52. The van der Waals surface area contributed by atoms with Crippen LogP contribution in [0.25, 0.3) is 0 Å². The van der Waals surface area contributed by atoms with E-state index in [9.17, 15) is 0 Å². The van der Waals surface area contributed by atoms with E-state index >= 15 is 0 Å². The Hall–Kier alpha value is -1.56. The number of aryl methyl sites for hydroxylation is 2. The van der Waals surface area contributed by atoms with Crippen LogP contribution in [-0.2, 0) is 0 Å². The summed E-state index contributed by atoms with van der Waals surface area (Å²) < 4.78 is 0. The van der Waals surface area contributed by atoms with Crippen molar-refractivity contribution in [3.05, 3.63) is 67.8 Å². The lowest BCUT2D eigenvalue weighted by Gasteiger charge is -2.27. The van der Waals surface area contributed by atoms with E-state index in [1.54, 1.807) is 11.1 Å². The van der Waals surface area contributed by atoms with E-state index in [1.807, 2.05) is 0 Å². The molecule has 0 spiro atoms. The first-order valence-corrected chi connectivity index (χ1v) is 12.3. The zero-order valence-corrected chi connectivity index (χ0v) is 21.4. The first kappa shape index (κ1) is 24.7. The molecule has 0 aliphatic heterocycles. The Labute approximate surface area is 187 Å². The molecule has 0 heterocycles. The third-order valence-electron chi connectivity index (χ3n) is 7.89. The van der Waals surface area contributed by atoms with Crippen LogP contribution in [0.1, 0.15) is 120 Å². The molecule has 0 atom stereocenters. The van der Waals surface area contributed by atoms with Crippen molar-refractivity contribution in [1.29, 1.82) is 0 Å². The van der Waals surface area contributed by atoms with Crippen molar-refractivity contribution in [2.45, 2.75) is 120 Å². The standard InChI is InChI=1S/C30H46/c1-10-11-12-13-14-15-16-17-28(29-18-20(2)22(4)24(6)26(29)8)30-19-21(3)23(5)25(7)27(30)9/h18-19,28H,10-17H2,1-9H3. The van der Waals surface area contributed by atoms with Gasteiger partial charge in [0.05, 0.1) is 0 Å². The predicted molar refractivity (Wildman–Crippen MR) is 135 cm³/mol. The number of hydrogen-bond acceptors (Lipinski definition) is 0. The molecule has 166 valence electrons. The second-order valence-corrected chi connectivity index (χ2v) is 9.78. The maximum absolute atomic E-state index is 2.49. The molecular formula is C30H46. The van der Waals surface area contributed by atoms with Crippen molar-refractivity contribution in [3.8, 4) is 0 Å². The molecule has 0 aromatic heterocycles. The Bertz CT molecular complexity index is 790. The summed E-state index contributed by atoms with van der Waals surface area (Å²) in [6.45, 7) is 20.7. The fourth-order valence-corrected chi connectivity index (χ4v) is 4.99. The fraction of sp³-hybridized carbons (Fsp3) is 0.600. The second-order valence-electron chi connectivity index (χ2n) is 9.78. The van der Waals surface area contributed by atoms with Crippen LogP contribution in [0, 0.1) is 55.4 Å². The van der Waals surface area contributed by atoms with E-state index in [1.165, 1.54) is 95.9 Å². The number of unbranched alkanes of at least 4 members (excludes halogenated alkanes) is 6. The van der Waals surface area contributed by atoms with Gasteiger partial charge in [-0.05, 0) is 117 Å². The molecule has 0 unspecified atom stereocenters. The summed E-state index contributed by atoms with van der Waals surface area (Å²) in [6.07, 6.45) is 10.9. The van der Waals surface area contributed by atoms with Gasteiger partial charge in [-0.2, -0.15) is 0 Å². The summed E-state index contributed by atoms with van der Waals surface area (Å²) >= 11 is 0. The van der Waals surface area contributed by atoms with Crippen molar-refractivity contribution in [1.82, 2.24) is 0 Å². The molecule has 30 heavy (non-hydrogen) atoms. The van der Waals surface area contributed by atoms with E-state index in [2.05, 4.69) is 74.4 Å². The highest BCUT2D eigenvalue weighted by atomic mass is 14.3. The van der Waals surface area contributed by atoms with E-state index < -0.39 is 0 Å². The summed E-state index contributed by atoms with van der Waals surface area (Å²) in [5.74, 6) is 0.511. The molecule has 2 aromatic rings. The Morgan fingerprint density at radius 3 is 1.33 bits per heavy atom. The first-order chi connectivity index (χ1) is 14.2. The molecule has 0 heteroatoms. The highest BCUT2D eigenvalue weighted by Gasteiger charge is 2.22. The Balaban J connectivity index is 2.38. The second kappa shape index (κ2) is 11.2. The largest absolute Gasteiger partial charge is 0.0654 e. The van der Waals surface area contributed by atoms with Crippen LogP contribution in [0.2, 0.25) is 0 Å². The van der Waals surface area contributed by atoms with Crippen LogP contribution >= 0.6 is 0 Å². The third kappa shape index (κ3) is 5.57. The average Bonchev–Trinajstić information content (AvgIpc) is 2.73. The quantitative estimate of drug-likeness (QED) is 0.345. The van der Waals surface area contributed by atoms with E-state index in [-0.39, 0.29) is 0 Å². The predicted octanol–water partition coefficient (Wildman–Crippen LogP) is 9.43. The monoisotopic (exact) mass is 406 g/mol. The van der Waals surface area contributed by atoms with Gasteiger partial charge in [0.2, 0.25) is 0 Å². The van der Waals surface area contributed by atoms with Gasteiger partial charge >= 0.3 is 0 Å². The van der Waals surface area contributed by atoms with Gasteiger partial charge in [0.1, 0.15) is 0 Å². The van der Waals surface area contributed by atoms with Crippen LogP contribution in [0.4, 0.5) is 0 Å². The van der Waals surface area contributed by atoms with E-state index in [0.29, 0.717) is 5.92 Å². The zero-order valence-electron chi connectivity index (χ0n) is 21.4. The van der Waals surface area contributed by atoms with Gasteiger partial charge in [-0.1, -0.05) is 64.0 Å². The SMILES string of the molecule is CCCCCCCCCC(c1cc(C)c(C)c(C)c1C)c1cc(C)c(C)c(C)c1C. The number of rotatable bonds is 10. The Morgan fingerprint density at radius 1 is 0.500 bits per heavy atom. The minimum Gasteiger partial charge on any atom is -0.0654 e.